The number of non-ortho nitro benzene ring substituents is 1. The molecule has 0 saturated heterocycles. The Kier molecular flexibility index (Phi) is 5.77. The Labute approximate surface area is 121 Å². The van der Waals surface area contributed by atoms with Crippen molar-refractivity contribution in [2.75, 3.05) is 25.2 Å². The maximum absolute atomic E-state index is 12.4. The van der Waals surface area contributed by atoms with Gasteiger partial charge in [-0.3, -0.25) is 14.9 Å². The van der Waals surface area contributed by atoms with E-state index in [-0.39, 0.29) is 31.7 Å². The Hall–Kier alpha value is -2.03. The summed E-state index contributed by atoms with van der Waals surface area (Å²) in [5.41, 5.74) is 4.95. The van der Waals surface area contributed by atoms with Crippen LogP contribution in [-0.2, 0) is 4.79 Å². The molecule has 0 aliphatic heterocycles. The van der Waals surface area contributed by atoms with E-state index in [1.54, 1.807) is 0 Å². The molecule has 8 nitrogen and oxygen atoms in total. The third-order valence-corrected chi connectivity index (χ3v) is 3.29. The standard InChI is InChI=1S/C13H19N3O5/c1-15(10-2-4-11(5-3-10)16(20)21)12(19)13(14,6-8-17)7-9-18/h2-5,17-18H,6-9,14H2,1H3. The summed E-state index contributed by atoms with van der Waals surface area (Å²) < 4.78 is 0. The van der Waals surface area contributed by atoms with Gasteiger partial charge in [-0.1, -0.05) is 0 Å². The zero-order valence-electron chi connectivity index (χ0n) is 11.7. The van der Waals surface area contributed by atoms with Crippen LogP contribution in [0.25, 0.3) is 0 Å². The molecule has 0 bridgehead atoms. The highest BCUT2D eigenvalue weighted by molar-refractivity contribution is 5.99. The van der Waals surface area contributed by atoms with Gasteiger partial charge in [0.25, 0.3) is 5.69 Å². The van der Waals surface area contributed by atoms with Gasteiger partial charge in [0.1, 0.15) is 5.54 Å². The molecular formula is C13H19N3O5. The van der Waals surface area contributed by atoms with Gasteiger partial charge in [0.15, 0.2) is 0 Å². The number of anilines is 1. The highest BCUT2D eigenvalue weighted by atomic mass is 16.6. The second-order valence-electron chi connectivity index (χ2n) is 4.74. The van der Waals surface area contributed by atoms with Crippen molar-refractivity contribution in [3.8, 4) is 0 Å². The number of nitrogens with two attached hydrogens (primary N) is 1. The summed E-state index contributed by atoms with van der Waals surface area (Å²) in [5, 5.41) is 28.6. The van der Waals surface area contributed by atoms with Crippen molar-refractivity contribution in [2.24, 2.45) is 5.73 Å². The summed E-state index contributed by atoms with van der Waals surface area (Å²) >= 11 is 0. The zero-order valence-corrected chi connectivity index (χ0v) is 11.7. The summed E-state index contributed by atoms with van der Waals surface area (Å²) in [6.07, 6.45) is 0.0351. The van der Waals surface area contributed by atoms with Crippen LogP contribution in [0.5, 0.6) is 0 Å². The predicted molar refractivity (Wildman–Crippen MR) is 76.8 cm³/mol. The normalized spacial score (nSPS) is 11.2. The number of hydrogen-bond acceptors (Lipinski definition) is 6. The van der Waals surface area contributed by atoms with Crippen LogP contribution in [0.1, 0.15) is 12.8 Å². The summed E-state index contributed by atoms with van der Waals surface area (Å²) in [5.74, 6) is -0.473. The van der Waals surface area contributed by atoms with Gasteiger partial charge in [-0.2, -0.15) is 0 Å². The van der Waals surface area contributed by atoms with Gasteiger partial charge in [-0.25, -0.2) is 0 Å². The van der Waals surface area contributed by atoms with Crippen LogP contribution in [0.15, 0.2) is 24.3 Å². The van der Waals surface area contributed by atoms with E-state index in [9.17, 15) is 14.9 Å². The number of aliphatic hydroxyl groups is 2. The van der Waals surface area contributed by atoms with Crippen LogP contribution in [-0.4, -0.2) is 46.8 Å². The fourth-order valence-electron chi connectivity index (χ4n) is 1.99. The first-order valence-corrected chi connectivity index (χ1v) is 6.39. The second-order valence-corrected chi connectivity index (χ2v) is 4.74. The van der Waals surface area contributed by atoms with Crippen molar-refractivity contribution in [1.82, 2.24) is 0 Å². The first-order chi connectivity index (χ1) is 9.85. The first kappa shape index (κ1) is 17.0. The lowest BCUT2D eigenvalue weighted by Crippen LogP contribution is -2.55. The Morgan fingerprint density at radius 3 is 2.14 bits per heavy atom. The van der Waals surface area contributed by atoms with E-state index in [4.69, 9.17) is 15.9 Å². The Morgan fingerprint density at radius 1 is 1.29 bits per heavy atom. The molecule has 0 fully saturated rings. The minimum atomic E-state index is -1.37. The van der Waals surface area contributed by atoms with E-state index in [0.717, 1.165) is 0 Å². The fourth-order valence-corrected chi connectivity index (χ4v) is 1.99. The SMILES string of the molecule is CN(C(=O)C(N)(CCO)CCO)c1ccc([N+](=O)[O-])cc1. The van der Waals surface area contributed by atoms with Crippen molar-refractivity contribution in [3.63, 3.8) is 0 Å². The van der Waals surface area contributed by atoms with Gasteiger partial charge < -0.3 is 20.8 Å². The molecule has 116 valence electrons. The van der Waals surface area contributed by atoms with Crippen LogP contribution < -0.4 is 10.6 Å². The third-order valence-electron chi connectivity index (χ3n) is 3.29. The van der Waals surface area contributed by atoms with Crippen LogP contribution in [0, 0.1) is 10.1 Å². The van der Waals surface area contributed by atoms with E-state index >= 15 is 0 Å². The number of amides is 1. The molecule has 0 spiro atoms. The van der Waals surface area contributed by atoms with Crippen LogP contribution in [0.2, 0.25) is 0 Å². The van der Waals surface area contributed by atoms with Gasteiger partial charge in [0.2, 0.25) is 5.91 Å². The van der Waals surface area contributed by atoms with Crippen molar-refractivity contribution in [1.29, 1.82) is 0 Å². The number of rotatable bonds is 7. The average Bonchev–Trinajstić information content (AvgIpc) is 2.46. The molecule has 0 aromatic heterocycles. The summed E-state index contributed by atoms with van der Waals surface area (Å²) in [6.45, 7) is -0.563. The molecule has 21 heavy (non-hydrogen) atoms. The first-order valence-electron chi connectivity index (χ1n) is 6.39. The minimum Gasteiger partial charge on any atom is -0.396 e. The van der Waals surface area contributed by atoms with Crippen molar-refractivity contribution in [3.05, 3.63) is 34.4 Å². The number of nitrogens with zero attached hydrogens (tertiary/aromatic N) is 2. The fraction of sp³-hybridized carbons (Fsp3) is 0.462. The Morgan fingerprint density at radius 2 is 1.76 bits per heavy atom. The Bertz CT molecular complexity index is 497. The minimum absolute atomic E-state index is 0.0176. The van der Waals surface area contributed by atoms with Gasteiger partial charge >= 0.3 is 0 Å². The van der Waals surface area contributed by atoms with E-state index in [2.05, 4.69) is 0 Å². The molecule has 0 aliphatic rings. The number of likely N-dealkylation sites (N-methyl/N-ethyl adjacent to an activating group) is 1. The topological polar surface area (TPSA) is 130 Å². The van der Waals surface area contributed by atoms with Crippen LogP contribution in [0.4, 0.5) is 11.4 Å². The molecule has 0 heterocycles. The summed E-state index contributed by atoms with van der Waals surface area (Å²) in [6, 6.07) is 5.45. The molecule has 0 unspecified atom stereocenters. The van der Waals surface area contributed by atoms with Gasteiger partial charge in [0, 0.05) is 38.1 Å². The summed E-state index contributed by atoms with van der Waals surface area (Å²) in [4.78, 5) is 23.7. The molecule has 4 N–H and O–H groups in total. The number of benzene rings is 1. The highest BCUT2D eigenvalue weighted by Gasteiger charge is 2.35. The maximum Gasteiger partial charge on any atom is 0.269 e. The van der Waals surface area contributed by atoms with E-state index in [0.29, 0.717) is 5.69 Å². The molecular weight excluding hydrogens is 278 g/mol. The molecule has 0 saturated carbocycles. The van der Waals surface area contributed by atoms with Crippen LogP contribution in [0.3, 0.4) is 0 Å². The van der Waals surface area contributed by atoms with Gasteiger partial charge in [0.05, 0.1) is 4.92 Å². The van der Waals surface area contributed by atoms with Gasteiger partial charge in [-0.15, -0.1) is 0 Å². The highest BCUT2D eigenvalue weighted by Crippen LogP contribution is 2.22. The van der Waals surface area contributed by atoms with Crippen molar-refractivity contribution >= 4 is 17.3 Å². The number of hydrogen-bond donors (Lipinski definition) is 3. The number of nitro groups is 1. The molecule has 1 amide bonds. The lowest BCUT2D eigenvalue weighted by Gasteiger charge is -2.31. The van der Waals surface area contributed by atoms with Crippen molar-refractivity contribution in [2.45, 2.75) is 18.4 Å². The van der Waals surface area contributed by atoms with E-state index in [1.807, 2.05) is 0 Å². The lowest BCUT2D eigenvalue weighted by molar-refractivity contribution is -0.384. The number of carbonyl (C=O) groups is 1. The number of nitro benzene ring substituents is 1. The second kappa shape index (κ2) is 7.11. The van der Waals surface area contributed by atoms with Crippen molar-refractivity contribution < 1.29 is 19.9 Å². The molecule has 1 rings (SSSR count). The molecule has 8 heteroatoms. The zero-order chi connectivity index (χ0) is 16.0. The molecule has 1 aromatic carbocycles. The molecule has 1 aromatic rings. The molecule has 0 aliphatic carbocycles. The van der Waals surface area contributed by atoms with Gasteiger partial charge in [-0.05, 0) is 25.0 Å². The summed E-state index contributed by atoms with van der Waals surface area (Å²) in [7, 11) is 1.49. The van der Waals surface area contributed by atoms with Crippen LogP contribution >= 0.6 is 0 Å². The largest absolute Gasteiger partial charge is 0.396 e. The average molecular weight is 297 g/mol. The third kappa shape index (κ3) is 3.97. The predicted octanol–water partition coefficient (Wildman–Crippen LogP) is 0.0199. The Balaban J connectivity index is 2.97. The molecule has 0 radical (unpaired) electrons. The van der Waals surface area contributed by atoms with E-state index < -0.39 is 16.4 Å². The lowest BCUT2D eigenvalue weighted by atomic mass is 9.91. The molecule has 0 atom stereocenters. The quantitative estimate of drug-likeness (QED) is 0.480. The number of carbonyl (C=O) groups excluding carboxylic acids is 1. The number of aliphatic hydroxyl groups excluding tert-OH is 2. The monoisotopic (exact) mass is 297 g/mol. The smallest absolute Gasteiger partial charge is 0.269 e. The van der Waals surface area contributed by atoms with E-state index in [1.165, 1.54) is 36.2 Å². The maximum atomic E-state index is 12.4.